The van der Waals surface area contributed by atoms with Gasteiger partial charge in [-0.15, -0.1) is 0 Å². The fraction of sp³-hybridized carbons (Fsp3) is 0.867. The van der Waals surface area contributed by atoms with Crippen LogP contribution >= 0.6 is 0 Å². The Bertz CT molecular complexity index is 1810. The summed E-state index contributed by atoms with van der Waals surface area (Å²) < 4.78 is 0. The summed E-state index contributed by atoms with van der Waals surface area (Å²) in [5.41, 5.74) is 15.5. The van der Waals surface area contributed by atoms with E-state index in [1.54, 1.807) is 47.8 Å². The maximum atomic E-state index is 12.5. The number of carbonyl (C=O) groups is 8. The molecule has 0 bridgehead atoms. The maximum absolute atomic E-state index is 12.5. The molecule has 0 aliphatic rings. The highest BCUT2D eigenvalue weighted by atomic mass is 16.2. The summed E-state index contributed by atoms with van der Waals surface area (Å²) in [7, 11) is 7.05. The number of likely N-dealkylation sites (N-methyl/N-ethyl adjacent to an activating group) is 4. The van der Waals surface area contributed by atoms with Gasteiger partial charge in [0.25, 0.3) is 0 Å². The number of amides is 4. The lowest BCUT2D eigenvalue weighted by atomic mass is 9.73. The van der Waals surface area contributed by atoms with E-state index in [1.807, 2.05) is 104 Å². The summed E-state index contributed by atoms with van der Waals surface area (Å²) in [6, 6.07) is -0.0792. The first-order valence-corrected chi connectivity index (χ1v) is 27.6. The second-order valence-corrected chi connectivity index (χ2v) is 29.2. The number of rotatable bonds is 21. The minimum atomic E-state index is -0.407. The van der Waals surface area contributed by atoms with Gasteiger partial charge >= 0.3 is 0 Å². The average Bonchev–Trinajstić information content (AvgIpc) is 3.22. The molecule has 0 fully saturated rings. The zero-order valence-electron chi connectivity index (χ0n) is 54.2. The molecule has 4 amide bonds. The second kappa shape index (κ2) is 33.1. The third-order valence-corrected chi connectivity index (χ3v) is 13.2. The molecular weight excluding hydrogens is 961 g/mol. The molecule has 7 N–H and O–H groups in total. The summed E-state index contributed by atoms with van der Waals surface area (Å²) >= 11 is 0. The van der Waals surface area contributed by atoms with Gasteiger partial charge in [-0.05, 0) is 37.0 Å². The van der Waals surface area contributed by atoms with Gasteiger partial charge in [0, 0.05) is 158 Å². The summed E-state index contributed by atoms with van der Waals surface area (Å²) in [5, 5.41) is 3.34. The zero-order valence-corrected chi connectivity index (χ0v) is 54.2. The molecule has 0 aromatic rings. The molecule has 16 heteroatoms. The zero-order chi connectivity index (χ0) is 61.6. The van der Waals surface area contributed by atoms with Gasteiger partial charge in [0.2, 0.25) is 23.6 Å². The van der Waals surface area contributed by atoms with Crippen molar-refractivity contribution >= 4 is 46.8 Å². The summed E-state index contributed by atoms with van der Waals surface area (Å²) in [6.45, 7) is 50.6. The van der Waals surface area contributed by atoms with Gasteiger partial charge in [-0.2, -0.15) is 0 Å². The van der Waals surface area contributed by atoms with Crippen molar-refractivity contribution in [2.45, 2.75) is 229 Å². The highest BCUT2D eigenvalue weighted by Gasteiger charge is 2.37. The van der Waals surface area contributed by atoms with Crippen molar-refractivity contribution in [3.05, 3.63) is 0 Å². The largest absolute Gasteiger partial charge is 0.344 e. The van der Waals surface area contributed by atoms with Gasteiger partial charge in [-0.25, -0.2) is 0 Å². The summed E-state index contributed by atoms with van der Waals surface area (Å²) in [6.07, 6.45) is 2.07. The standard InChI is InChI=1S/4C15H30N2O2/c1-14(2,3)11(10-12(18)15(4,5)6)13(19)17(7)9-8-16;1-14(2,3)12(18)8-9-13(19)17(7)11-10-16-15(4,5)6;1-14(2,3)11(16)10-17(7)13(19)9-8-12(18)15(4,5)6;1-14(2,3)11(10-16)17(7)13(19)9-8-12(18)15(4,5)6/h11H,8-10,16H2,1-7H3;16H,8-11H2,1-7H3;2*11H,8-10,16H2,1-7H3. The van der Waals surface area contributed by atoms with E-state index in [0.717, 1.165) is 6.54 Å². The Kier molecular flexibility index (Phi) is 34.4. The quantitative estimate of drug-likeness (QED) is 0.0844. The molecule has 0 saturated carbocycles. The van der Waals surface area contributed by atoms with Gasteiger partial charge in [-0.3, -0.25) is 38.4 Å². The minimum Gasteiger partial charge on any atom is -0.344 e. The van der Waals surface area contributed by atoms with E-state index in [4.69, 9.17) is 17.2 Å². The Labute approximate surface area is 465 Å². The first-order chi connectivity index (χ1) is 33.6. The van der Waals surface area contributed by atoms with Crippen molar-refractivity contribution in [1.29, 1.82) is 0 Å². The molecular formula is C60H120N8O8. The Morgan fingerprint density at radius 1 is 0.434 bits per heavy atom. The van der Waals surface area contributed by atoms with E-state index in [0.29, 0.717) is 64.8 Å². The first kappa shape index (κ1) is 78.9. The Hall–Kier alpha value is -3.60. The fourth-order valence-electron chi connectivity index (χ4n) is 6.83. The number of Topliss-reactive ketones (excluding diaryl/α,β-unsaturated/α-hetero) is 4. The molecule has 76 heavy (non-hydrogen) atoms. The average molecular weight is 1080 g/mol. The molecule has 0 aromatic heterocycles. The van der Waals surface area contributed by atoms with E-state index in [-0.39, 0.29) is 116 Å². The predicted octanol–water partition coefficient (Wildman–Crippen LogP) is 8.73. The number of nitrogens with zero attached hydrogens (tertiary/aromatic N) is 4. The normalized spacial score (nSPS) is 13.7. The van der Waals surface area contributed by atoms with Crippen LogP contribution in [0.1, 0.15) is 211 Å². The van der Waals surface area contributed by atoms with Crippen LogP contribution in [0, 0.1) is 43.8 Å². The monoisotopic (exact) mass is 1080 g/mol. The smallest absolute Gasteiger partial charge is 0.226 e. The van der Waals surface area contributed by atoms with Crippen molar-refractivity contribution in [1.82, 2.24) is 24.9 Å². The molecule has 0 spiro atoms. The van der Waals surface area contributed by atoms with Crippen LogP contribution in [0.5, 0.6) is 0 Å². The Morgan fingerprint density at radius 3 is 1.08 bits per heavy atom. The Morgan fingerprint density at radius 2 is 0.789 bits per heavy atom. The molecule has 16 nitrogen and oxygen atoms in total. The number of hydrogen-bond donors (Lipinski definition) is 4. The highest BCUT2D eigenvalue weighted by Crippen LogP contribution is 2.33. The number of carbonyl (C=O) groups excluding carboxylic acids is 8. The second-order valence-electron chi connectivity index (χ2n) is 29.2. The van der Waals surface area contributed by atoms with Crippen LogP contribution in [-0.2, 0) is 38.4 Å². The third kappa shape index (κ3) is 35.7. The molecule has 0 rings (SSSR count). The van der Waals surface area contributed by atoms with Gasteiger partial charge < -0.3 is 42.1 Å². The van der Waals surface area contributed by atoms with Crippen LogP contribution in [0.2, 0.25) is 0 Å². The fourth-order valence-corrected chi connectivity index (χ4v) is 6.83. The predicted molar refractivity (Wildman–Crippen MR) is 315 cm³/mol. The van der Waals surface area contributed by atoms with Crippen molar-refractivity contribution in [3.63, 3.8) is 0 Å². The number of nitrogens with two attached hydrogens (primary N) is 3. The number of hydrogen-bond acceptors (Lipinski definition) is 12. The Balaban J connectivity index is -0.000000455. The maximum Gasteiger partial charge on any atom is 0.226 e. The summed E-state index contributed by atoms with van der Waals surface area (Å²) in [5.74, 6) is 0.229. The van der Waals surface area contributed by atoms with E-state index in [1.165, 1.54) is 0 Å². The molecule has 0 aliphatic carbocycles. The van der Waals surface area contributed by atoms with Crippen molar-refractivity contribution in [3.8, 4) is 0 Å². The van der Waals surface area contributed by atoms with Crippen molar-refractivity contribution in [2.75, 3.05) is 67.5 Å². The highest BCUT2D eigenvalue weighted by molar-refractivity contribution is 5.91. The van der Waals surface area contributed by atoms with E-state index in [2.05, 4.69) is 67.6 Å². The van der Waals surface area contributed by atoms with Gasteiger partial charge in [0.1, 0.15) is 23.1 Å². The number of nitrogens with one attached hydrogen (secondary N) is 1. The number of ketones is 4. The first-order valence-electron chi connectivity index (χ1n) is 27.6. The molecule has 3 unspecified atom stereocenters. The molecule has 0 heterocycles. The molecule has 448 valence electrons. The topological polar surface area (TPSA) is 240 Å². The van der Waals surface area contributed by atoms with E-state index >= 15 is 0 Å². The third-order valence-electron chi connectivity index (χ3n) is 13.2. The minimum absolute atomic E-state index is 0.00950. The van der Waals surface area contributed by atoms with Crippen molar-refractivity contribution in [2.24, 2.45) is 61.0 Å². The van der Waals surface area contributed by atoms with Crippen LogP contribution < -0.4 is 22.5 Å². The van der Waals surface area contributed by atoms with Crippen LogP contribution in [0.25, 0.3) is 0 Å². The molecule has 0 aliphatic heterocycles. The SMILES string of the molecule is CN(C(=O)CCC(=O)C(C)(C)C)C(CN)C(C)(C)C.CN(CC(N)C(C)(C)C)C(=O)CCC(=O)C(C)(C)C.CN(CCN)C(=O)C(CC(=O)C(C)(C)C)C(C)(C)C.CN(CCNC(C)(C)C)C(=O)CCC(=O)C(C)(C)C. The van der Waals surface area contributed by atoms with Crippen molar-refractivity contribution < 1.29 is 38.4 Å². The lowest BCUT2D eigenvalue weighted by Crippen LogP contribution is -2.49. The van der Waals surface area contributed by atoms with Gasteiger partial charge in [0.15, 0.2) is 0 Å². The molecule has 0 radical (unpaired) electrons. The van der Waals surface area contributed by atoms with Crippen LogP contribution in [-0.4, -0.2) is 151 Å². The van der Waals surface area contributed by atoms with Crippen LogP contribution in [0.15, 0.2) is 0 Å². The van der Waals surface area contributed by atoms with E-state index < -0.39 is 5.41 Å². The summed E-state index contributed by atoms with van der Waals surface area (Å²) in [4.78, 5) is 103. The molecule has 0 aromatic carbocycles. The van der Waals surface area contributed by atoms with Gasteiger partial charge in [-0.1, -0.05) is 145 Å². The lowest BCUT2D eigenvalue weighted by Gasteiger charge is -2.37. The lowest BCUT2D eigenvalue weighted by molar-refractivity contribution is -0.142. The van der Waals surface area contributed by atoms with Crippen LogP contribution in [0.3, 0.4) is 0 Å². The molecule has 3 atom stereocenters. The van der Waals surface area contributed by atoms with Gasteiger partial charge in [0.05, 0.1) is 0 Å². The van der Waals surface area contributed by atoms with Crippen LogP contribution in [0.4, 0.5) is 0 Å². The van der Waals surface area contributed by atoms with E-state index in [9.17, 15) is 38.4 Å². The molecule has 0 saturated heterocycles.